The fraction of sp³-hybridized carbons (Fsp3) is 0.600. The van der Waals surface area contributed by atoms with Gasteiger partial charge in [-0.3, -0.25) is 0 Å². The van der Waals surface area contributed by atoms with Crippen LogP contribution < -0.4 is 9.80 Å². The van der Waals surface area contributed by atoms with E-state index in [-0.39, 0.29) is 0 Å². The van der Waals surface area contributed by atoms with Gasteiger partial charge in [0.1, 0.15) is 6.54 Å². The monoisotopic (exact) mass is 234 g/mol. The van der Waals surface area contributed by atoms with Gasteiger partial charge in [-0.2, -0.15) is 0 Å². The molecule has 0 spiro atoms. The lowest BCUT2D eigenvalue weighted by atomic mass is 10.0. The maximum absolute atomic E-state index is 2.35. The Morgan fingerprint density at radius 2 is 1.76 bits per heavy atom. The van der Waals surface area contributed by atoms with Crippen LogP contribution >= 0.6 is 0 Å². The minimum Gasteiger partial charge on any atom is -0.337 e. The van der Waals surface area contributed by atoms with E-state index in [9.17, 15) is 0 Å². The molecule has 0 radical (unpaired) electrons. The van der Waals surface area contributed by atoms with E-state index < -0.39 is 0 Å². The average molecular weight is 234 g/mol. The summed E-state index contributed by atoms with van der Waals surface area (Å²) in [6.45, 7) is 6.01. The van der Waals surface area contributed by atoms with Crippen LogP contribution in [0.3, 0.4) is 0 Å². The lowest BCUT2D eigenvalue weighted by molar-refractivity contribution is -0.948. The van der Waals surface area contributed by atoms with Crippen molar-refractivity contribution >= 4 is 0 Å². The molecule has 1 aromatic rings. The molecule has 2 nitrogen and oxygen atoms in total. The molecule has 17 heavy (non-hydrogen) atoms. The first-order chi connectivity index (χ1) is 8.15. The summed E-state index contributed by atoms with van der Waals surface area (Å²) in [7, 11) is 4.66. The minimum absolute atomic E-state index is 0.861. The molecular formula is C15H26N2+2. The van der Waals surface area contributed by atoms with E-state index >= 15 is 0 Å². The van der Waals surface area contributed by atoms with Crippen LogP contribution in [0, 0.1) is 6.92 Å². The normalized spacial score (nSPS) is 26.8. The molecule has 0 aromatic heterocycles. The van der Waals surface area contributed by atoms with Gasteiger partial charge in [0.05, 0.1) is 33.2 Å². The first-order valence-corrected chi connectivity index (χ1v) is 6.84. The Balaban J connectivity index is 1.88. The van der Waals surface area contributed by atoms with Gasteiger partial charge in [0, 0.05) is 18.4 Å². The van der Waals surface area contributed by atoms with Gasteiger partial charge in [0.2, 0.25) is 0 Å². The summed E-state index contributed by atoms with van der Waals surface area (Å²) in [6, 6.07) is 9.86. The van der Waals surface area contributed by atoms with Gasteiger partial charge in [-0.25, -0.2) is 0 Å². The van der Waals surface area contributed by atoms with Crippen LogP contribution in [0.4, 0.5) is 0 Å². The molecule has 1 aromatic carbocycles. The zero-order valence-electron chi connectivity index (χ0n) is 11.4. The van der Waals surface area contributed by atoms with E-state index in [1.165, 1.54) is 43.6 Å². The van der Waals surface area contributed by atoms with Gasteiger partial charge in [0.25, 0.3) is 0 Å². The van der Waals surface area contributed by atoms with Gasteiger partial charge in [-0.1, -0.05) is 29.8 Å². The van der Waals surface area contributed by atoms with Crippen LogP contribution in [0.2, 0.25) is 0 Å². The SMILES string of the molecule is Cc1ccc(C[NH+](C)C2CC[NH+](C)CC2)cc1. The molecule has 1 atom stereocenters. The van der Waals surface area contributed by atoms with Crippen LogP contribution in [0.25, 0.3) is 0 Å². The lowest BCUT2D eigenvalue weighted by Gasteiger charge is -2.30. The molecule has 0 bridgehead atoms. The summed E-state index contributed by atoms with van der Waals surface area (Å²) in [5.74, 6) is 0. The largest absolute Gasteiger partial charge is 0.337 e. The Labute approximate surface area is 105 Å². The number of hydrogen-bond donors (Lipinski definition) is 2. The number of likely N-dealkylation sites (tertiary alicyclic amines) is 1. The molecule has 1 fully saturated rings. The van der Waals surface area contributed by atoms with E-state index in [2.05, 4.69) is 45.3 Å². The van der Waals surface area contributed by atoms with Crippen molar-refractivity contribution in [2.24, 2.45) is 0 Å². The molecule has 1 aliphatic heterocycles. The summed E-state index contributed by atoms with van der Waals surface area (Å²) in [6.07, 6.45) is 2.76. The first-order valence-electron chi connectivity index (χ1n) is 6.84. The van der Waals surface area contributed by atoms with E-state index in [4.69, 9.17) is 0 Å². The third kappa shape index (κ3) is 3.55. The number of piperidine rings is 1. The summed E-state index contributed by atoms with van der Waals surface area (Å²) in [5, 5.41) is 0. The van der Waals surface area contributed by atoms with Crippen LogP contribution in [-0.4, -0.2) is 33.2 Å². The highest BCUT2D eigenvalue weighted by molar-refractivity contribution is 5.20. The van der Waals surface area contributed by atoms with Gasteiger partial charge >= 0.3 is 0 Å². The molecule has 94 valence electrons. The van der Waals surface area contributed by atoms with Crippen molar-refractivity contribution in [3.05, 3.63) is 35.4 Å². The van der Waals surface area contributed by atoms with E-state index in [1.807, 2.05) is 0 Å². The second-order valence-corrected chi connectivity index (χ2v) is 5.74. The Morgan fingerprint density at radius 1 is 1.18 bits per heavy atom. The topological polar surface area (TPSA) is 8.88 Å². The molecule has 2 rings (SSSR count). The first kappa shape index (κ1) is 12.6. The van der Waals surface area contributed by atoms with Crippen LogP contribution in [0.5, 0.6) is 0 Å². The predicted octanol–water partition coefficient (Wildman–Crippen LogP) is -0.313. The van der Waals surface area contributed by atoms with Crippen LogP contribution in [0.15, 0.2) is 24.3 Å². The Kier molecular flexibility index (Phi) is 4.19. The molecule has 1 aliphatic rings. The molecule has 2 N–H and O–H groups in total. The number of benzene rings is 1. The highest BCUT2D eigenvalue weighted by Gasteiger charge is 2.25. The van der Waals surface area contributed by atoms with Crippen molar-refractivity contribution < 1.29 is 9.80 Å². The number of nitrogens with one attached hydrogen (secondary N) is 2. The van der Waals surface area contributed by atoms with Crippen molar-refractivity contribution in [2.45, 2.75) is 32.4 Å². The van der Waals surface area contributed by atoms with Gasteiger partial charge in [-0.05, 0) is 6.92 Å². The maximum Gasteiger partial charge on any atom is 0.103 e. The van der Waals surface area contributed by atoms with Crippen molar-refractivity contribution in [2.75, 3.05) is 27.2 Å². The van der Waals surface area contributed by atoms with Gasteiger partial charge in [-0.15, -0.1) is 0 Å². The van der Waals surface area contributed by atoms with Crippen molar-refractivity contribution in [1.29, 1.82) is 0 Å². The van der Waals surface area contributed by atoms with Crippen molar-refractivity contribution in [3.8, 4) is 0 Å². The highest BCUT2D eigenvalue weighted by atomic mass is 15.2. The summed E-state index contributed by atoms with van der Waals surface area (Å²) >= 11 is 0. The zero-order valence-corrected chi connectivity index (χ0v) is 11.4. The maximum atomic E-state index is 2.35. The van der Waals surface area contributed by atoms with E-state index in [0.29, 0.717) is 0 Å². The van der Waals surface area contributed by atoms with Crippen LogP contribution in [0.1, 0.15) is 24.0 Å². The number of quaternary nitrogens is 2. The predicted molar refractivity (Wildman–Crippen MR) is 71.4 cm³/mol. The zero-order chi connectivity index (χ0) is 12.3. The highest BCUT2D eigenvalue weighted by Crippen LogP contribution is 2.02. The Bertz CT molecular complexity index is 336. The average Bonchev–Trinajstić information content (AvgIpc) is 2.33. The second-order valence-electron chi connectivity index (χ2n) is 5.74. The Morgan fingerprint density at radius 3 is 2.35 bits per heavy atom. The fourth-order valence-electron chi connectivity index (χ4n) is 2.78. The summed E-state index contributed by atoms with van der Waals surface area (Å²) in [5.41, 5.74) is 2.83. The Hall–Kier alpha value is -0.860. The molecular weight excluding hydrogens is 208 g/mol. The van der Waals surface area contributed by atoms with Gasteiger partial charge < -0.3 is 9.80 Å². The van der Waals surface area contributed by atoms with Gasteiger partial charge in [0.15, 0.2) is 0 Å². The van der Waals surface area contributed by atoms with E-state index in [0.717, 1.165) is 6.04 Å². The lowest BCUT2D eigenvalue weighted by Crippen LogP contribution is -3.17. The quantitative estimate of drug-likeness (QED) is 0.710. The van der Waals surface area contributed by atoms with Crippen molar-refractivity contribution in [1.82, 2.24) is 0 Å². The van der Waals surface area contributed by atoms with Crippen molar-refractivity contribution in [3.63, 3.8) is 0 Å². The summed E-state index contributed by atoms with van der Waals surface area (Å²) < 4.78 is 0. The molecule has 1 heterocycles. The molecule has 1 saturated heterocycles. The molecule has 0 amide bonds. The number of aryl methyl sites for hydroxylation is 1. The standard InChI is InChI=1S/C15H24N2/c1-13-4-6-14(7-5-13)12-17(3)15-8-10-16(2)11-9-15/h4-7,15H,8-12H2,1-3H3/p+2. The molecule has 1 unspecified atom stereocenters. The van der Waals surface area contributed by atoms with E-state index in [1.54, 1.807) is 9.80 Å². The third-order valence-corrected chi connectivity index (χ3v) is 4.14. The summed E-state index contributed by atoms with van der Waals surface area (Å²) in [4.78, 5) is 3.38. The third-order valence-electron chi connectivity index (χ3n) is 4.14. The van der Waals surface area contributed by atoms with Crippen LogP contribution in [-0.2, 0) is 6.54 Å². The molecule has 0 aliphatic carbocycles. The minimum atomic E-state index is 0.861. The fourth-order valence-corrected chi connectivity index (χ4v) is 2.78. The number of rotatable bonds is 3. The second kappa shape index (κ2) is 5.65. The molecule has 2 heteroatoms. The molecule has 0 saturated carbocycles. The number of hydrogen-bond acceptors (Lipinski definition) is 0. The smallest absolute Gasteiger partial charge is 0.103 e.